The molecule has 10 heteroatoms. The van der Waals surface area contributed by atoms with Crippen molar-refractivity contribution in [3.8, 4) is 5.75 Å². The average Bonchev–Trinajstić information content (AvgIpc) is 3.11. The number of benzene rings is 2. The molecule has 1 heterocycles. The highest BCUT2D eigenvalue weighted by Crippen LogP contribution is 2.43. The predicted octanol–water partition coefficient (Wildman–Crippen LogP) is 4.83. The quantitative estimate of drug-likeness (QED) is 0.650. The van der Waals surface area contributed by atoms with Crippen molar-refractivity contribution in [3.63, 3.8) is 0 Å². The molecule has 0 saturated carbocycles. The molecule has 28 heavy (non-hydrogen) atoms. The van der Waals surface area contributed by atoms with Crippen LogP contribution in [0.25, 0.3) is 0 Å². The molecule has 0 N–H and O–H groups in total. The highest BCUT2D eigenvalue weighted by Gasteiger charge is 2.42. The van der Waals surface area contributed by atoms with Crippen LogP contribution in [-0.4, -0.2) is 25.9 Å². The third-order valence-electron chi connectivity index (χ3n) is 4.48. The van der Waals surface area contributed by atoms with Crippen molar-refractivity contribution in [3.05, 3.63) is 59.7 Å². The second kappa shape index (κ2) is 7.67. The molecule has 1 aliphatic rings. The van der Waals surface area contributed by atoms with E-state index in [0.29, 0.717) is 6.42 Å². The van der Waals surface area contributed by atoms with Crippen molar-refractivity contribution in [2.75, 3.05) is 6.54 Å². The summed E-state index contributed by atoms with van der Waals surface area (Å²) < 4.78 is 96.8. The molecule has 3 rings (SSSR count). The number of nitrogens with zero attached hydrogens (tertiary/aromatic N) is 1. The van der Waals surface area contributed by atoms with E-state index in [1.165, 1.54) is 30.3 Å². The zero-order valence-electron chi connectivity index (χ0n) is 14.4. The molecule has 1 unspecified atom stereocenters. The van der Waals surface area contributed by atoms with Crippen LogP contribution in [0, 0.1) is 0 Å². The van der Waals surface area contributed by atoms with Crippen LogP contribution in [0.3, 0.4) is 0 Å². The Labute approximate surface area is 158 Å². The first-order chi connectivity index (χ1) is 13.1. The topological polar surface area (TPSA) is 46.6 Å². The lowest BCUT2D eigenvalue weighted by Crippen LogP contribution is -2.32. The molecule has 0 amide bonds. The molecule has 0 radical (unpaired) electrons. The summed E-state index contributed by atoms with van der Waals surface area (Å²) in [4.78, 5) is -0.508. The third kappa shape index (κ3) is 3.97. The van der Waals surface area contributed by atoms with E-state index in [0.717, 1.165) is 22.5 Å². The number of hydrogen-bond donors (Lipinski definition) is 0. The van der Waals surface area contributed by atoms with Gasteiger partial charge in [-0.25, -0.2) is 8.42 Å². The molecule has 0 aromatic heterocycles. The van der Waals surface area contributed by atoms with Crippen molar-refractivity contribution in [1.82, 2.24) is 4.31 Å². The van der Waals surface area contributed by atoms with E-state index in [9.17, 15) is 30.4 Å². The van der Waals surface area contributed by atoms with E-state index in [-0.39, 0.29) is 18.5 Å². The fourth-order valence-corrected chi connectivity index (χ4v) is 5.16. The van der Waals surface area contributed by atoms with Crippen molar-refractivity contribution in [1.29, 1.82) is 0 Å². The number of alkyl halides is 5. The largest absolute Gasteiger partial charge is 0.433 e. The smallest absolute Gasteiger partial charge is 0.416 e. The molecular formula is C18H16F5NO3S. The van der Waals surface area contributed by atoms with Crippen molar-refractivity contribution in [2.24, 2.45) is 0 Å². The maximum absolute atomic E-state index is 13.4. The second-order valence-corrected chi connectivity index (χ2v) is 8.04. The maximum Gasteiger partial charge on any atom is 0.416 e. The van der Waals surface area contributed by atoms with Gasteiger partial charge in [0, 0.05) is 6.54 Å². The van der Waals surface area contributed by atoms with Gasteiger partial charge in [0.15, 0.2) is 0 Å². The Morgan fingerprint density at radius 2 is 1.68 bits per heavy atom. The number of sulfonamides is 1. The standard InChI is InChI=1S/C18H16F5NO3S/c19-17(20)27-15-9-3-4-10-16(15)28(25,26)24-11-5-8-14(24)12-6-1-2-7-13(12)18(21,22)23/h1-4,6-7,9-10,14,17H,5,8,11H2. The molecular weight excluding hydrogens is 405 g/mol. The van der Waals surface area contributed by atoms with Gasteiger partial charge in [-0.3, -0.25) is 0 Å². The van der Waals surface area contributed by atoms with Crippen LogP contribution in [0.2, 0.25) is 0 Å². The van der Waals surface area contributed by atoms with Gasteiger partial charge in [0.1, 0.15) is 10.6 Å². The molecule has 0 spiro atoms. The van der Waals surface area contributed by atoms with Gasteiger partial charge in [0.25, 0.3) is 0 Å². The fraction of sp³-hybridized carbons (Fsp3) is 0.333. The molecule has 0 aliphatic carbocycles. The minimum Gasteiger partial charge on any atom is -0.433 e. The van der Waals surface area contributed by atoms with Gasteiger partial charge in [-0.2, -0.15) is 26.3 Å². The SMILES string of the molecule is O=S(=O)(c1ccccc1OC(F)F)N1CCCC1c1ccccc1C(F)(F)F. The van der Waals surface area contributed by atoms with Crippen LogP contribution in [0.4, 0.5) is 22.0 Å². The first-order valence-corrected chi connectivity index (χ1v) is 9.78. The maximum atomic E-state index is 13.4. The Hall–Kier alpha value is -2.20. The Kier molecular flexibility index (Phi) is 5.62. The molecule has 2 aromatic rings. The zero-order valence-corrected chi connectivity index (χ0v) is 15.2. The van der Waals surface area contributed by atoms with E-state index < -0.39 is 45.1 Å². The highest BCUT2D eigenvalue weighted by atomic mass is 32.2. The van der Waals surface area contributed by atoms with Crippen LogP contribution in [-0.2, 0) is 16.2 Å². The van der Waals surface area contributed by atoms with E-state index >= 15 is 0 Å². The summed E-state index contributed by atoms with van der Waals surface area (Å²) in [5.74, 6) is -0.549. The minimum absolute atomic E-state index is 0.0256. The van der Waals surface area contributed by atoms with E-state index in [2.05, 4.69) is 4.74 Å². The van der Waals surface area contributed by atoms with Gasteiger partial charge >= 0.3 is 12.8 Å². The van der Waals surface area contributed by atoms with Crippen LogP contribution in [0.1, 0.15) is 30.0 Å². The summed E-state index contributed by atoms with van der Waals surface area (Å²) in [7, 11) is -4.37. The summed E-state index contributed by atoms with van der Waals surface area (Å²) in [5, 5.41) is 0. The summed E-state index contributed by atoms with van der Waals surface area (Å²) >= 11 is 0. The first kappa shape index (κ1) is 20.5. The Morgan fingerprint density at radius 3 is 2.36 bits per heavy atom. The molecule has 152 valence electrons. The fourth-order valence-electron chi connectivity index (χ4n) is 3.37. The average molecular weight is 421 g/mol. The summed E-state index contributed by atoms with van der Waals surface area (Å²) in [6.07, 6.45) is -4.12. The van der Waals surface area contributed by atoms with Gasteiger partial charge < -0.3 is 4.74 Å². The lowest BCUT2D eigenvalue weighted by atomic mass is 9.99. The second-order valence-electron chi connectivity index (χ2n) is 6.18. The number of hydrogen-bond acceptors (Lipinski definition) is 3. The molecule has 1 saturated heterocycles. The first-order valence-electron chi connectivity index (χ1n) is 8.34. The van der Waals surface area contributed by atoms with Gasteiger partial charge in [-0.15, -0.1) is 0 Å². The third-order valence-corrected chi connectivity index (χ3v) is 6.43. The van der Waals surface area contributed by atoms with E-state index in [1.54, 1.807) is 0 Å². The van der Waals surface area contributed by atoms with Crippen molar-refractivity contribution < 1.29 is 35.1 Å². The molecule has 0 bridgehead atoms. The van der Waals surface area contributed by atoms with Crippen LogP contribution in [0.15, 0.2) is 53.4 Å². The van der Waals surface area contributed by atoms with Crippen LogP contribution < -0.4 is 4.74 Å². The van der Waals surface area contributed by atoms with Gasteiger partial charge in [0.05, 0.1) is 11.6 Å². The number of rotatable bonds is 5. The van der Waals surface area contributed by atoms with Crippen molar-refractivity contribution >= 4 is 10.0 Å². The normalized spacial score (nSPS) is 18.6. The van der Waals surface area contributed by atoms with E-state index in [1.807, 2.05) is 0 Å². The lowest BCUT2D eigenvalue weighted by Gasteiger charge is -2.27. The van der Waals surface area contributed by atoms with Crippen molar-refractivity contribution in [2.45, 2.75) is 36.6 Å². The molecule has 1 atom stereocenters. The Bertz CT molecular complexity index is 946. The van der Waals surface area contributed by atoms with Gasteiger partial charge in [-0.1, -0.05) is 30.3 Å². The number of para-hydroxylation sites is 1. The molecule has 2 aromatic carbocycles. The summed E-state index contributed by atoms with van der Waals surface area (Å²) in [5.41, 5.74) is -1.08. The van der Waals surface area contributed by atoms with Crippen LogP contribution in [0.5, 0.6) is 5.75 Å². The minimum atomic E-state index is -4.65. The molecule has 4 nitrogen and oxygen atoms in total. The lowest BCUT2D eigenvalue weighted by molar-refractivity contribution is -0.138. The van der Waals surface area contributed by atoms with Gasteiger partial charge in [-0.05, 0) is 36.6 Å². The zero-order chi connectivity index (χ0) is 20.5. The Morgan fingerprint density at radius 1 is 1.04 bits per heavy atom. The van der Waals surface area contributed by atoms with E-state index in [4.69, 9.17) is 0 Å². The van der Waals surface area contributed by atoms with Crippen LogP contribution >= 0.6 is 0 Å². The summed E-state index contributed by atoms with van der Waals surface area (Å²) in [6, 6.07) is 8.55. The number of halogens is 5. The monoisotopic (exact) mass is 421 g/mol. The molecule has 1 aliphatic heterocycles. The number of ether oxygens (including phenoxy) is 1. The Balaban J connectivity index is 2.05. The molecule has 1 fully saturated rings. The highest BCUT2D eigenvalue weighted by molar-refractivity contribution is 7.89. The predicted molar refractivity (Wildman–Crippen MR) is 90.4 cm³/mol. The summed E-state index contributed by atoms with van der Waals surface area (Å²) in [6.45, 7) is -3.26. The van der Waals surface area contributed by atoms with Gasteiger partial charge in [0.2, 0.25) is 10.0 Å².